The number of hydrogen-bond acceptors (Lipinski definition) is 5. The molecular formula is C20H23N7O. The van der Waals surface area contributed by atoms with E-state index in [9.17, 15) is 4.79 Å². The molecular weight excluding hydrogens is 354 g/mol. The minimum atomic E-state index is -0.0923. The minimum Gasteiger partial charge on any atom is -0.365 e. The van der Waals surface area contributed by atoms with Gasteiger partial charge in [0, 0.05) is 26.2 Å². The Labute approximate surface area is 163 Å². The fourth-order valence-corrected chi connectivity index (χ4v) is 4.36. The Morgan fingerprint density at radius 1 is 1.18 bits per heavy atom. The normalized spacial score (nSPS) is 18.7. The van der Waals surface area contributed by atoms with Crippen molar-refractivity contribution in [2.24, 2.45) is 7.05 Å². The van der Waals surface area contributed by atoms with Gasteiger partial charge in [0.05, 0.1) is 29.5 Å². The molecule has 5 rings (SSSR count). The number of nitrogens with zero attached hydrogens (tertiary/aromatic N) is 7. The molecule has 1 aromatic carbocycles. The number of benzene rings is 1. The van der Waals surface area contributed by atoms with E-state index in [2.05, 4.69) is 26.4 Å². The van der Waals surface area contributed by atoms with Gasteiger partial charge in [-0.25, -0.2) is 4.68 Å². The van der Waals surface area contributed by atoms with E-state index < -0.39 is 0 Å². The van der Waals surface area contributed by atoms with E-state index in [-0.39, 0.29) is 5.91 Å². The summed E-state index contributed by atoms with van der Waals surface area (Å²) in [6.07, 6.45) is 7.09. The van der Waals surface area contributed by atoms with E-state index in [4.69, 9.17) is 0 Å². The van der Waals surface area contributed by atoms with Gasteiger partial charge in [0.2, 0.25) is 0 Å². The third-order valence-electron chi connectivity index (χ3n) is 5.78. The molecule has 0 radical (unpaired) electrons. The van der Waals surface area contributed by atoms with Gasteiger partial charge in [0.25, 0.3) is 5.91 Å². The molecule has 28 heavy (non-hydrogen) atoms. The highest BCUT2D eigenvalue weighted by Crippen LogP contribution is 2.39. The molecule has 4 heterocycles. The molecule has 2 aromatic heterocycles. The summed E-state index contributed by atoms with van der Waals surface area (Å²) in [4.78, 5) is 17.8. The summed E-state index contributed by atoms with van der Waals surface area (Å²) in [7, 11) is 1.85. The van der Waals surface area contributed by atoms with Crippen molar-refractivity contribution in [3.05, 3.63) is 48.0 Å². The molecule has 3 aromatic rings. The summed E-state index contributed by atoms with van der Waals surface area (Å²) >= 11 is 0. The summed E-state index contributed by atoms with van der Waals surface area (Å²) in [5.74, 6) is -0.0923. The van der Waals surface area contributed by atoms with E-state index in [1.54, 1.807) is 15.6 Å². The number of anilines is 2. The van der Waals surface area contributed by atoms with Crippen molar-refractivity contribution < 1.29 is 4.79 Å². The molecule has 0 spiro atoms. The number of aromatic nitrogens is 5. The quantitative estimate of drug-likeness (QED) is 0.685. The van der Waals surface area contributed by atoms with Gasteiger partial charge in [-0.15, -0.1) is 5.10 Å². The second kappa shape index (κ2) is 6.47. The van der Waals surface area contributed by atoms with Crippen LogP contribution in [-0.4, -0.2) is 49.8 Å². The number of amides is 1. The molecule has 0 aliphatic carbocycles. The van der Waals surface area contributed by atoms with Gasteiger partial charge in [0.1, 0.15) is 5.69 Å². The molecule has 0 bridgehead atoms. The van der Waals surface area contributed by atoms with Gasteiger partial charge >= 0.3 is 0 Å². The third-order valence-corrected chi connectivity index (χ3v) is 5.78. The molecule has 1 unspecified atom stereocenters. The van der Waals surface area contributed by atoms with Crippen LogP contribution >= 0.6 is 0 Å². The van der Waals surface area contributed by atoms with Gasteiger partial charge in [0.15, 0.2) is 5.69 Å². The van der Waals surface area contributed by atoms with E-state index in [1.165, 1.54) is 12.8 Å². The first kappa shape index (κ1) is 17.0. The lowest BCUT2D eigenvalue weighted by atomic mass is 9.96. The first-order chi connectivity index (χ1) is 13.6. The molecule has 1 fully saturated rings. The zero-order chi connectivity index (χ0) is 19.3. The highest BCUT2D eigenvalue weighted by molar-refractivity contribution is 6.08. The predicted octanol–water partition coefficient (Wildman–Crippen LogP) is 2.33. The number of rotatable bonds is 2. The fourth-order valence-electron chi connectivity index (χ4n) is 4.36. The van der Waals surface area contributed by atoms with E-state index in [0.29, 0.717) is 18.3 Å². The molecule has 2 aliphatic rings. The third kappa shape index (κ3) is 2.59. The maximum atomic E-state index is 13.5. The van der Waals surface area contributed by atoms with E-state index in [0.717, 1.165) is 35.7 Å². The second-order valence-corrected chi connectivity index (χ2v) is 7.55. The van der Waals surface area contributed by atoms with Gasteiger partial charge in [-0.2, -0.15) is 5.10 Å². The van der Waals surface area contributed by atoms with Crippen molar-refractivity contribution in [1.82, 2.24) is 24.8 Å². The topological polar surface area (TPSA) is 72.1 Å². The highest BCUT2D eigenvalue weighted by Gasteiger charge is 2.36. The fraction of sp³-hybridized carbons (Fsp3) is 0.400. The van der Waals surface area contributed by atoms with Crippen molar-refractivity contribution in [2.45, 2.75) is 32.2 Å². The molecule has 144 valence electrons. The average Bonchev–Trinajstić information content (AvgIpc) is 3.32. The molecule has 1 saturated heterocycles. The summed E-state index contributed by atoms with van der Waals surface area (Å²) in [6, 6.07) is 8.54. The minimum absolute atomic E-state index is 0.0923. The Balaban J connectivity index is 1.52. The zero-order valence-electron chi connectivity index (χ0n) is 16.1. The SMILES string of the molecule is Cc1c(C(=O)N2CC3CCCCN3c3ccccc32)nnn1-c1cnn(C)c1. The lowest BCUT2D eigenvalue weighted by Crippen LogP contribution is -2.53. The monoisotopic (exact) mass is 377 g/mol. The predicted molar refractivity (Wildman–Crippen MR) is 106 cm³/mol. The number of carbonyl (C=O) groups is 1. The lowest BCUT2D eigenvalue weighted by Gasteiger charge is -2.46. The van der Waals surface area contributed by atoms with E-state index in [1.807, 2.05) is 43.3 Å². The van der Waals surface area contributed by atoms with Crippen LogP contribution in [0.2, 0.25) is 0 Å². The summed E-state index contributed by atoms with van der Waals surface area (Å²) in [5.41, 5.74) is 4.01. The largest absolute Gasteiger partial charge is 0.365 e. The Kier molecular flexibility index (Phi) is 3.92. The number of aryl methyl sites for hydroxylation is 1. The molecule has 2 aliphatic heterocycles. The van der Waals surface area contributed by atoms with Gasteiger partial charge in [-0.05, 0) is 38.3 Å². The van der Waals surface area contributed by atoms with Gasteiger partial charge in [-0.3, -0.25) is 9.48 Å². The molecule has 0 saturated carbocycles. The molecule has 1 amide bonds. The standard InChI is InChI=1S/C20H23N7O/c1-14-19(22-23-27(14)16-11-21-24(2)12-16)20(28)26-13-15-7-5-6-10-25(15)17-8-3-4-9-18(17)26/h3-4,8-9,11-12,15H,5-7,10,13H2,1-2H3. The number of para-hydroxylation sites is 2. The lowest BCUT2D eigenvalue weighted by molar-refractivity contribution is 0.0977. The van der Waals surface area contributed by atoms with Crippen LogP contribution in [0.1, 0.15) is 35.4 Å². The van der Waals surface area contributed by atoms with Crippen LogP contribution < -0.4 is 9.80 Å². The molecule has 0 N–H and O–H groups in total. The van der Waals surface area contributed by atoms with Gasteiger partial charge in [-0.1, -0.05) is 17.3 Å². The zero-order valence-corrected chi connectivity index (χ0v) is 16.1. The summed E-state index contributed by atoms with van der Waals surface area (Å²) < 4.78 is 3.37. The van der Waals surface area contributed by atoms with Crippen molar-refractivity contribution in [3.8, 4) is 5.69 Å². The van der Waals surface area contributed by atoms with Crippen LogP contribution in [0.15, 0.2) is 36.7 Å². The number of carbonyl (C=O) groups excluding carboxylic acids is 1. The Morgan fingerprint density at radius 2 is 2.00 bits per heavy atom. The smallest absolute Gasteiger partial charge is 0.280 e. The van der Waals surface area contributed by atoms with Crippen molar-refractivity contribution in [1.29, 1.82) is 0 Å². The number of fused-ring (bicyclic) bond motifs is 3. The summed E-state index contributed by atoms with van der Waals surface area (Å²) in [6.45, 7) is 3.62. The maximum absolute atomic E-state index is 13.5. The maximum Gasteiger partial charge on any atom is 0.280 e. The van der Waals surface area contributed by atoms with Gasteiger partial charge < -0.3 is 9.80 Å². The van der Waals surface area contributed by atoms with Crippen molar-refractivity contribution in [2.75, 3.05) is 22.9 Å². The first-order valence-corrected chi connectivity index (χ1v) is 9.72. The molecule has 8 heteroatoms. The molecule has 8 nitrogen and oxygen atoms in total. The molecule has 1 atom stereocenters. The number of piperidine rings is 1. The highest BCUT2D eigenvalue weighted by atomic mass is 16.2. The Hall–Kier alpha value is -3.16. The Bertz CT molecular complexity index is 1040. The average molecular weight is 377 g/mol. The van der Waals surface area contributed by atoms with Crippen LogP contribution in [0.25, 0.3) is 5.69 Å². The second-order valence-electron chi connectivity index (χ2n) is 7.55. The number of hydrogen-bond donors (Lipinski definition) is 0. The van der Waals surface area contributed by atoms with E-state index >= 15 is 0 Å². The van der Waals surface area contributed by atoms with Crippen LogP contribution in [0.4, 0.5) is 11.4 Å². The van der Waals surface area contributed by atoms with Crippen LogP contribution in [-0.2, 0) is 7.05 Å². The Morgan fingerprint density at radius 3 is 2.79 bits per heavy atom. The van der Waals surface area contributed by atoms with Crippen LogP contribution in [0.3, 0.4) is 0 Å². The van der Waals surface area contributed by atoms with Crippen molar-refractivity contribution in [3.63, 3.8) is 0 Å². The van der Waals surface area contributed by atoms with Crippen LogP contribution in [0.5, 0.6) is 0 Å². The first-order valence-electron chi connectivity index (χ1n) is 9.72. The summed E-state index contributed by atoms with van der Waals surface area (Å²) in [5, 5.41) is 12.6. The van der Waals surface area contributed by atoms with Crippen LogP contribution in [0, 0.1) is 6.92 Å². The van der Waals surface area contributed by atoms with Crippen molar-refractivity contribution >= 4 is 17.3 Å².